The van der Waals surface area contributed by atoms with Crippen molar-refractivity contribution in [3.05, 3.63) is 182 Å². The molecule has 0 nitrogen and oxygen atoms in total. The van der Waals surface area contributed by atoms with Crippen molar-refractivity contribution in [2.24, 2.45) is 0 Å². The standard InChI is InChI=1S/C39H36P2/c1-7-20-34(21-8-1)40(35-22-9-2-10-23-35,36-24-11-3-12-25-36)32-19-33-41(37-26-13-4-14-27-37,38-28-15-5-16-29-38)39-30-17-6-18-31-39/h1-18,20-31H,19,32-33H2/q+2. The van der Waals surface area contributed by atoms with Gasteiger partial charge in [-0.05, 0) is 72.8 Å². The van der Waals surface area contributed by atoms with Gasteiger partial charge in [-0.3, -0.25) is 0 Å². The largest absolute Gasteiger partial charge is 0.112 e. The van der Waals surface area contributed by atoms with Crippen LogP contribution in [0.4, 0.5) is 0 Å². The van der Waals surface area contributed by atoms with Crippen LogP contribution < -0.4 is 31.8 Å². The maximum Gasteiger partial charge on any atom is 0.112 e. The van der Waals surface area contributed by atoms with Gasteiger partial charge >= 0.3 is 0 Å². The molecule has 0 saturated carbocycles. The van der Waals surface area contributed by atoms with E-state index < -0.39 is 14.5 Å². The number of hydrogen-bond donors (Lipinski definition) is 0. The van der Waals surface area contributed by atoms with E-state index in [-0.39, 0.29) is 0 Å². The van der Waals surface area contributed by atoms with E-state index in [1.165, 1.54) is 31.8 Å². The zero-order chi connectivity index (χ0) is 27.8. The van der Waals surface area contributed by atoms with Crippen LogP contribution in [0.25, 0.3) is 0 Å². The van der Waals surface area contributed by atoms with Gasteiger partial charge in [0.25, 0.3) is 0 Å². The lowest BCUT2D eigenvalue weighted by Gasteiger charge is -2.30. The van der Waals surface area contributed by atoms with Crippen molar-refractivity contribution in [3.63, 3.8) is 0 Å². The van der Waals surface area contributed by atoms with Crippen LogP contribution >= 0.6 is 14.5 Å². The number of rotatable bonds is 10. The third-order valence-electron chi connectivity index (χ3n) is 8.17. The van der Waals surface area contributed by atoms with Crippen LogP contribution in [0.2, 0.25) is 0 Å². The molecule has 0 N–H and O–H groups in total. The Bertz CT molecular complexity index is 1300. The maximum atomic E-state index is 2.36. The second-order valence-electron chi connectivity index (χ2n) is 10.4. The van der Waals surface area contributed by atoms with Gasteiger partial charge in [-0.15, -0.1) is 0 Å². The normalized spacial score (nSPS) is 11.7. The Morgan fingerprint density at radius 1 is 0.244 bits per heavy atom. The van der Waals surface area contributed by atoms with E-state index in [1.54, 1.807) is 0 Å². The summed E-state index contributed by atoms with van der Waals surface area (Å²) < 4.78 is 0. The fourth-order valence-electron chi connectivity index (χ4n) is 6.31. The fourth-order valence-corrected chi connectivity index (χ4v) is 15.2. The lowest BCUT2D eigenvalue weighted by Crippen LogP contribution is -2.36. The Morgan fingerprint density at radius 3 is 0.585 bits per heavy atom. The summed E-state index contributed by atoms with van der Waals surface area (Å²) in [5.74, 6) is 0. The highest BCUT2D eigenvalue weighted by molar-refractivity contribution is 7.96. The van der Waals surface area contributed by atoms with Crippen molar-refractivity contribution in [1.29, 1.82) is 0 Å². The van der Waals surface area contributed by atoms with Crippen LogP contribution in [0.3, 0.4) is 0 Å². The second kappa shape index (κ2) is 12.8. The highest BCUT2D eigenvalue weighted by atomic mass is 31.2. The van der Waals surface area contributed by atoms with Crippen LogP contribution in [0.5, 0.6) is 0 Å². The average Bonchev–Trinajstić information content (AvgIpc) is 3.08. The molecule has 0 unspecified atom stereocenters. The summed E-state index contributed by atoms with van der Waals surface area (Å²) >= 11 is 0. The minimum absolute atomic E-state index is 1.12. The number of hydrogen-bond acceptors (Lipinski definition) is 0. The van der Waals surface area contributed by atoms with Gasteiger partial charge in [0.05, 0.1) is 12.3 Å². The van der Waals surface area contributed by atoms with E-state index in [4.69, 9.17) is 0 Å². The SMILES string of the molecule is c1ccc([P+](CCC[P+](c2ccccc2)(c2ccccc2)c2ccccc2)(c2ccccc2)c2ccccc2)cc1. The Morgan fingerprint density at radius 2 is 0.415 bits per heavy atom. The van der Waals surface area contributed by atoms with E-state index in [2.05, 4.69) is 182 Å². The molecule has 0 aliphatic carbocycles. The summed E-state index contributed by atoms with van der Waals surface area (Å²) in [6.07, 6.45) is 3.37. The molecule has 0 amide bonds. The van der Waals surface area contributed by atoms with Gasteiger partial charge < -0.3 is 0 Å². The quantitative estimate of drug-likeness (QED) is 0.152. The third kappa shape index (κ3) is 5.44. The van der Waals surface area contributed by atoms with Gasteiger partial charge in [-0.25, -0.2) is 0 Å². The first-order valence-electron chi connectivity index (χ1n) is 14.4. The summed E-state index contributed by atoms with van der Waals surface area (Å²) in [7, 11) is -3.79. The van der Waals surface area contributed by atoms with Crippen LogP contribution in [-0.4, -0.2) is 12.3 Å². The van der Waals surface area contributed by atoms with Crippen molar-refractivity contribution in [3.8, 4) is 0 Å². The Kier molecular flexibility index (Phi) is 8.53. The van der Waals surface area contributed by atoms with Gasteiger partial charge in [0.2, 0.25) is 0 Å². The lowest BCUT2D eigenvalue weighted by molar-refractivity contribution is 1.10. The van der Waals surface area contributed by atoms with Crippen LogP contribution in [0.1, 0.15) is 6.42 Å². The van der Waals surface area contributed by atoms with Crippen LogP contribution in [0.15, 0.2) is 182 Å². The first-order chi connectivity index (χ1) is 20.3. The minimum Gasteiger partial charge on any atom is -0.0620 e. The molecule has 6 aromatic carbocycles. The first kappa shape index (κ1) is 27.4. The summed E-state index contributed by atoms with van der Waals surface area (Å²) in [6.45, 7) is 0. The van der Waals surface area contributed by atoms with Gasteiger partial charge in [-0.1, -0.05) is 109 Å². The molecule has 6 rings (SSSR count). The highest BCUT2D eigenvalue weighted by Gasteiger charge is 2.49. The van der Waals surface area contributed by atoms with Gasteiger partial charge in [0.1, 0.15) is 46.4 Å². The Balaban J connectivity index is 1.50. The van der Waals surface area contributed by atoms with Crippen molar-refractivity contribution in [2.45, 2.75) is 6.42 Å². The molecule has 6 aromatic rings. The average molecular weight is 567 g/mol. The molecule has 0 atom stereocenters. The fraction of sp³-hybridized carbons (Fsp3) is 0.0769. The summed E-state index contributed by atoms with van der Waals surface area (Å²) in [5.41, 5.74) is 0. The zero-order valence-electron chi connectivity index (χ0n) is 23.3. The molecule has 0 spiro atoms. The molecule has 2 heteroatoms. The van der Waals surface area contributed by atoms with E-state index in [1.807, 2.05) is 0 Å². The minimum atomic E-state index is -1.90. The Hall–Kier alpha value is -3.82. The molecule has 0 heterocycles. The third-order valence-corrected chi connectivity index (χ3v) is 17.2. The van der Waals surface area contributed by atoms with E-state index in [9.17, 15) is 0 Å². The predicted octanol–water partition coefficient (Wildman–Crippen LogP) is 7.36. The predicted molar refractivity (Wildman–Crippen MR) is 185 cm³/mol. The summed E-state index contributed by atoms with van der Waals surface area (Å²) in [4.78, 5) is 0. The number of benzene rings is 6. The highest BCUT2D eigenvalue weighted by Crippen LogP contribution is 2.60. The molecular formula is C39H36P2+2. The topological polar surface area (TPSA) is 0 Å². The van der Waals surface area contributed by atoms with Crippen molar-refractivity contribution >= 4 is 46.4 Å². The molecule has 0 aromatic heterocycles. The van der Waals surface area contributed by atoms with Gasteiger partial charge in [-0.2, -0.15) is 0 Å². The lowest BCUT2D eigenvalue weighted by atomic mass is 10.3. The zero-order valence-corrected chi connectivity index (χ0v) is 25.1. The molecule has 0 fully saturated rings. The van der Waals surface area contributed by atoms with Crippen LogP contribution in [0, 0.1) is 0 Å². The van der Waals surface area contributed by atoms with Gasteiger partial charge in [0, 0.05) is 6.42 Å². The van der Waals surface area contributed by atoms with Crippen molar-refractivity contribution in [1.82, 2.24) is 0 Å². The molecule has 200 valence electrons. The molecule has 0 aliphatic rings. The molecule has 0 bridgehead atoms. The Labute approximate surface area is 246 Å². The maximum absolute atomic E-state index is 2.36. The molecule has 0 aliphatic heterocycles. The molecule has 0 radical (unpaired) electrons. The molecule has 0 saturated heterocycles. The van der Waals surface area contributed by atoms with Gasteiger partial charge in [0.15, 0.2) is 0 Å². The van der Waals surface area contributed by atoms with E-state index in [0.29, 0.717) is 0 Å². The smallest absolute Gasteiger partial charge is 0.0620 e. The summed E-state index contributed by atoms with van der Waals surface area (Å²) in [5, 5.41) is 8.75. The monoisotopic (exact) mass is 566 g/mol. The van der Waals surface area contributed by atoms with Crippen molar-refractivity contribution in [2.75, 3.05) is 12.3 Å². The summed E-state index contributed by atoms with van der Waals surface area (Å²) in [6, 6.07) is 67.8. The molecular weight excluding hydrogens is 530 g/mol. The molecule has 41 heavy (non-hydrogen) atoms. The van der Waals surface area contributed by atoms with Crippen LogP contribution in [-0.2, 0) is 0 Å². The van der Waals surface area contributed by atoms with E-state index in [0.717, 1.165) is 18.7 Å². The first-order valence-corrected chi connectivity index (χ1v) is 18.4. The second-order valence-corrected chi connectivity index (χ2v) is 17.7. The van der Waals surface area contributed by atoms with E-state index >= 15 is 0 Å². The van der Waals surface area contributed by atoms with Crippen molar-refractivity contribution < 1.29 is 0 Å².